The van der Waals surface area contributed by atoms with E-state index in [1.807, 2.05) is 13.0 Å². The lowest BCUT2D eigenvalue weighted by Crippen LogP contribution is -2.22. The van der Waals surface area contributed by atoms with E-state index in [2.05, 4.69) is 9.97 Å². The van der Waals surface area contributed by atoms with Gasteiger partial charge in [0.1, 0.15) is 11.8 Å². The van der Waals surface area contributed by atoms with E-state index in [0.29, 0.717) is 12.5 Å². The Morgan fingerprint density at radius 3 is 2.52 bits per heavy atom. The van der Waals surface area contributed by atoms with Gasteiger partial charge in [-0.1, -0.05) is 19.3 Å². The molecule has 1 fully saturated rings. The van der Waals surface area contributed by atoms with Gasteiger partial charge < -0.3 is 14.2 Å². The third-order valence-corrected chi connectivity index (χ3v) is 4.04. The molecular formula is C16H26N2O3. The highest BCUT2D eigenvalue weighted by atomic mass is 16.7. The van der Waals surface area contributed by atoms with Crippen molar-refractivity contribution in [3.63, 3.8) is 0 Å². The normalized spacial score (nSPS) is 18.1. The zero-order chi connectivity index (χ0) is 15.1. The minimum absolute atomic E-state index is 0.0235. The van der Waals surface area contributed by atoms with Crippen molar-refractivity contribution in [3.05, 3.63) is 23.8 Å². The Morgan fingerprint density at radius 2 is 1.90 bits per heavy atom. The van der Waals surface area contributed by atoms with Gasteiger partial charge in [0.2, 0.25) is 6.29 Å². The van der Waals surface area contributed by atoms with Gasteiger partial charge in [0, 0.05) is 27.0 Å². The van der Waals surface area contributed by atoms with Gasteiger partial charge in [0.05, 0.1) is 0 Å². The summed E-state index contributed by atoms with van der Waals surface area (Å²) in [5, 5.41) is 0. The second kappa shape index (κ2) is 8.41. The molecule has 0 N–H and O–H groups in total. The maximum Gasteiger partial charge on any atom is 0.200 e. The fourth-order valence-corrected chi connectivity index (χ4v) is 3.03. The molecule has 0 amide bonds. The van der Waals surface area contributed by atoms with Gasteiger partial charge in [-0.3, -0.25) is 0 Å². The number of rotatable bonds is 7. The Kier molecular flexibility index (Phi) is 6.54. The van der Waals surface area contributed by atoms with Crippen LogP contribution >= 0.6 is 0 Å². The smallest absolute Gasteiger partial charge is 0.200 e. The van der Waals surface area contributed by atoms with Crippen molar-refractivity contribution in [3.8, 4) is 0 Å². The van der Waals surface area contributed by atoms with Crippen LogP contribution in [-0.4, -0.2) is 30.8 Å². The van der Waals surface area contributed by atoms with Crippen LogP contribution in [0.4, 0.5) is 0 Å². The number of nitrogens with zero attached hydrogens (tertiary/aromatic N) is 2. The molecule has 118 valence electrons. The summed E-state index contributed by atoms with van der Waals surface area (Å²) < 4.78 is 16.5. The van der Waals surface area contributed by atoms with E-state index in [9.17, 15) is 0 Å². The Balaban J connectivity index is 2.20. The Bertz CT molecular complexity index is 418. The molecule has 0 spiro atoms. The first kappa shape index (κ1) is 16.3. The molecule has 1 aliphatic rings. The van der Waals surface area contributed by atoms with Crippen LogP contribution in [0.5, 0.6) is 0 Å². The van der Waals surface area contributed by atoms with Crippen LogP contribution < -0.4 is 0 Å². The van der Waals surface area contributed by atoms with Crippen LogP contribution in [-0.2, 0) is 14.2 Å². The molecule has 1 atom stereocenters. The average molecular weight is 294 g/mol. The Morgan fingerprint density at radius 1 is 1.19 bits per heavy atom. The second-order valence-electron chi connectivity index (χ2n) is 5.42. The maximum atomic E-state index is 5.96. The number of methoxy groups -OCH3 is 2. The van der Waals surface area contributed by atoms with Gasteiger partial charge >= 0.3 is 0 Å². The fraction of sp³-hybridized carbons (Fsp3) is 0.750. The van der Waals surface area contributed by atoms with Crippen molar-refractivity contribution in [2.24, 2.45) is 5.92 Å². The number of ether oxygens (including phenoxy) is 3. The molecule has 1 aliphatic carbocycles. The van der Waals surface area contributed by atoms with Gasteiger partial charge in [0.25, 0.3) is 0 Å². The molecule has 1 saturated carbocycles. The maximum absolute atomic E-state index is 5.96. The molecule has 0 aromatic carbocycles. The lowest BCUT2D eigenvalue weighted by Gasteiger charge is -2.29. The monoisotopic (exact) mass is 294 g/mol. The quantitative estimate of drug-likeness (QED) is 0.721. The lowest BCUT2D eigenvalue weighted by atomic mass is 9.85. The van der Waals surface area contributed by atoms with Crippen LogP contribution in [0.25, 0.3) is 0 Å². The molecule has 1 aromatic heterocycles. The molecule has 1 unspecified atom stereocenters. The second-order valence-corrected chi connectivity index (χ2v) is 5.42. The van der Waals surface area contributed by atoms with E-state index in [1.165, 1.54) is 32.1 Å². The topological polar surface area (TPSA) is 53.5 Å². The van der Waals surface area contributed by atoms with E-state index in [-0.39, 0.29) is 6.10 Å². The summed E-state index contributed by atoms with van der Waals surface area (Å²) in [6, 6.07) is 1.82. The first-order valence-corrected chi connectivity index (χ1v) is 7.80. The third-order valence-electron chi connectivity index (χ3n) is 4.04. The highest BCUT2D eigenvalue weighted by Crippen LogP contribution is 2.35. The zero-order valence-electron chi connectivity index (χ0n) is 13.2. The van der Waals surface area contributed by atoms with Crippen molar-refractivity contribution in [2.75, 3.05) is 20.8 Å². The standard InChI is InChI=1S/C16H26N2O3/c1-4-21-14(12-8-6-5-7-9-12)15-17-11-10-13(18-15)16(19-2)20-3/h10-12,14,16H,4-9H2,1-3H3. The highest BCUT2D eigenvalue weighted by molar-refractivity contribution is 5.07. The summed E-state index contributed by atoms with van der Waals surface area (Å²) >= 11 is 0. The molecule has 5 heteroatoms. The average Bonchev–Trinajstić information content (AvgIpc) is 2.55. The summed E-state index contributed by atoms with van der Waals surface area (Å²) in [4.78, 5) is 9.06. The molecule has 21 heavy (non-hydrogen) atoms. The third kappa shape index (κ3) is 4.22. The molecule has 2 rings (SSSR count). The predicted molar refractivity (Wildman–Crippen MR) is 79.7 cm³/mol. The molecule has 0 bridgehead atoms. The molecule has 0 aliphatic heterocycles. The van der Waals surface area contributed by atoms with E-state index < -0.39 is 6.29 Å². The molecule has 1 heterocycles. The first-order valence-electron chi connectivity index (χ1n) is 7.80. The fourth-order valence-electron chi connectivity index (χ4n) is 3.03. The van der Waals surface area contributed by atoms with E-state index in [4.69, 9.17) is 14.2 Å². The van der Waals surface area contributed by atoms with Crippen LogP contribution in [0.3, 0.4) is 0 Å². The van der Waals surface area contributed by atoms with Crippen LogP contribution in [0.2, 0.25) is 0 Å². The van der Waals surface area contributed by atoms with Crippen molar-refractivity contribution >= 4 is 0 Å². The number of hydrogen-bond donors (Lipinski definition) is 0. The predicted octanol–water partition coefficient (Wildman–Crippen LogP) is 3.43. The summed E-state index contributed by atoms with van der Waals surface area (Å²) in [5.41, 5.74) is 0.741. The van der Waals surface area contributed by atoms with Gasteiger partial charge in [-0.25, -0.2) is 9.97 Å². The van der Waals surface area contributed by atoms with Crippen LogP contribution in [0.1, 0.15) is 62.9 Å². The highest BCUT2D eigenvalue weighted by Gasteiger charge is 2.28. The molecule has 5 nitrogen and oxygen atoms in total. The van der Waals surface area contributed by atoms with Gasteiger partial charge in [-0.15, -0.1) is 0 Å². The van der Waals surface area contributed by atoms with E-state index in [1.54, 1.807) is 20.4 Å². The summed E-state index contributed by atoms with van der Waals surface area (Å²) in [5.74, 6) is 1.26. The Hall–Kier alpha value is -1.04. The summed E-state index contributed by atoms with van der Waals surface area (Å²) in [6.45, 7) is 2.69. The molecule has 0 radical (unpaired) electrons. The molecule has 1 aromatic rings. The number of aromatic nitrogens is 2. The van der Waals surface area contributed by atoms with E-state index >= 15 is 0 Å². The minimum atomic E-state index is -0.458. The van der Waals surface area contributed by atoms with Gasteiger partial charge in [-0.05, 0) is 31.7 Å². The van der Waals surface area contributed by atoms with Gasteiger partial charge in [0.15, 0.2) is 5.82 Å². The summed E-state index contributed by atoms with van der Waals surface area (Å²) in [6.07, 6.45) is 7.53. The van der Waals surface area contributed by atoms with Crippen molar-refractivity contribution in [1.82, 2.24) is 9.97 Å². The van der Waals surface area contributed by atoms with Crippen LogP contribution in [0.15, 0.2) is 12.3 Å². The minimum Gasteiger partial charge on any atom is -0.370 e. The summed E-state index contributed by atoms with van der Waals surface area (Å²) in [7, 11) is 3.22. The number of hydrogen-bond acceptors (Lipinski definition) is 5. The van der Waals surface area contributed by atoms with Gasteiger partial charge in [-0.2, -0.15) is 0 Å². The zero-order valence-corrected chi connectivity index (χ0v) is 13.2. The molecule has 0 saturated heterocycles. The largest absolute Gasteiger partial charge is 0.370 e. The van der Waals surface area contributed by atoms with Crippen LogP contribution in [0, 0.1) is 5.92 Å². The lowest BCUT2D eigenvalue weighted by molar-refractivity contribution is -0.109. The van der Waals surface area contributed by atoms with Crippen molar-refractivity contribution in [1.29, 1.82) is 0 Å². The van der Waals surface area contributed by atoms with Crippen molar-refractivity contribution in [2.45, 2.75) is 51.4 Å². The Labute approximate surface area is 127 Å². The van der Waals surface area contributed by atoms with Crippen molar-refractivity contribution < 1.29 is 14.2 Å². The molecular weight excluding hydrogens is 268 g/mol. The SMILES string of the molecule is CCOC(c1nccc(C(OC)OC)n1)C1CCCCC1. The van der Waals surface area contributed by atoms with E-state index in [0.717, 1.165) is 11.5 Å². The first-order chi connectivity index (χ1) is 10.3.